The number of ether oxygens (including phenoxy) is 2. The number of carbonyl (C=O) groups excluding carboxylic acids is 1. The number of aromatic nitrogens is 1. The summed E-state index contributed by atoms with van der Waals surface area (Å²) in [6.07, 6.45) is -4.29. The second-order valence-electron chi connectivity index (χ2n) is 7.47. The van der Waals surface area contributed by atoms with Crippen molar-refractivity contribution in [3.63, 3.8) is 0 Å². The Kier molecular flexibility index (Phi) is 6.92. The van der Waals surface area contributed by atoms with Crippen LogP contribution in [0.25, 0.3) is 11.1 Å². The first-order valence-corrected chi connectivity index (χ1v) is 10.5. The molecule has 0 amide bonds. The molecule has 0 saturated carbocycles. The Morgan fingerprint density at radius 2 is 1.32 bits per heavy atom. The van der Waals surface area contributed by atoms with Crippen LogP contribution >= 0.6 is 0 Å². The predicted molar refractivity (Wildman–Crippen MR) is 122 cm³/mol. The maximum absolute atomic E-state index is 13.8. The topological polar surface area (TPSA) is 48.4 Å². The Hall–Kier alpha value is -4.13. The van der Waals surface area contributed by atoms with Crippen LogP contribution in [0.2, 0.25) is 0 Å². The molecule has 0 saturated heterocycles. The molecule has 0 N–H and O–H groups in total. The largest absolute Gasteiger partial charge is 0.473 e. The normalized spacial score (nSPS) is 11.1. The number of hydrogen-bond donors (Lipinski definition) is 0. The molecule has 172 valence electrons. The van der Waals surface area contributed by atoms with Gasteiger partial charge in [-0.2, -0.15) is 18.2 Å². The fourth-order valence-corrected chi connectivity index (χ4v) is 3.38. The summed E-state index contributed by atoms with van der Waals surface area (Å²) in [5, 5.41) is 0. The van der Waals surface area contributed by atoms with Gasteiger partial charge in [0.2, 0.25) is 11.8 Å². The van der Waals surface area contributed by atoms with Crippen molar-refractivity contribution >= 4 is 6.29 Å². The molecule has 7 heteroatoms. The van der Waals surface area contributed by atoms with Crippen molar-refractivity contribution in [2.75, 3.05) is 0 Å². The summed E-state index contributed by atoms with van der Waals surface area (Å²) in [7, 11) is 0. The molecule has 0 aliphatic heterocycles. The highest BCUT2D eigenvalue weighted by atomic mass is 19.4. The van der Waals surface area contributed by atoms with Gasteiger partial charge in [-0.15, -0.1) is 0 Å². The molecule has 4 rings (SSSR count). The molecule has 3 aromatic carbocycles. The fourth-order valence-electron chi connectivity index (χ4n) is 3.38. The van der Waals surface area contributed by atoms with Gasteiger partial charge in [0, 0.05) is 17.2 Å². The zero-order chi connectivity index (χ0) is 24.0. The van der Waals surface area contributed by atoms with Gasteiger partial charge in [0.1, 0.15) is 19.5 Å². The minimum atomic E-state index is -4.67. The average Bonchev–Trinajstić information content (AvgIpc) is 2.86. The van der Waals surface area contributed by atoms with Crippen molar-refractivity contribution in [2.24, 2.45) is 0 Å². The van der Waals surface area contributed by atoms with Crippen LogP contribution in [0.3, 0.4) is 0 Å². The summed E-state index contributed by atoms with van der Waals surface area (Å²) in [5.74, 6) is 0.215. The summed E-state index contributed by atoms with van der Waals surface area (Å²) >= 11 is 0. The number of carbonyl (C=O) groups is 1. The van der Waals surface area contributed by atoms with Gasteiger partial charge in [0.05, 0.1) is 5.56 Å². The van der Waals surface area contributed by atoms with E-state index < -0.39 is 11.7 Å². The SMILES string of the molecule is O=Cc1ccc(-c2ccc(OCc3ccccc3)nc2OCc2ccccc2)c(C(F)(F)F)c1. The van der Waals surface area contributed by atoms with Crippen molar-refractivity contribution in [1.29, 1.82) is 0 Å². The summed E-state index contributed by atoms with van der Waals surface area (Å²) in [6, 6.07) is 25.1. The van der Waals surface area contributed by atoms with E-state index >= 15 is 0 Å². The highest BCUT2D eigenvalue weighted by Gasteiger charge is 2.35. The van der Waals surface area contributed by atoms with Gasteiger partial charge in [-0.25, -0.2) is 0 Å². The van der Waals surface area contributed by atoms with Gasteiger partial charge in [-0.1, -0.05) is 72.8 Å². The zero-order valence-corrected chi connectivity index (χ0v) is 18.0. The fraction of sp³-hybridized carbons (Fsp3) is 0.111. The van der Waals surface area contributed by atoms with Crippen molar-refractivity contribution in [3.05, 3.63) is 113 Å². The van der Waals surface area contributed by atoms with Crippen LogP contribution in [-0.4, -0.2) is 11.3 Å². The number of benzene rings is 3. The van der Waals surface area contributed by atoms with Crippen LogP contribution in [0.4, 0.5) is 13.2 Å². The molecule has 4 aromatic rings. The van der Waals surface area contributed by atoms with Gasteiger partial charge in [-0.3, -0.25) is 4.79 Å². The van der Waals surface area contributed by atoms with Gasteiger partial charge in [0.25, 0.3) is 0 Å². The van der Waals surface area contributed by atoms with Gasteiger partial charge in [-0.05, 0) is 28.8 Å². The van der Waals surface area contributed by atoms with Crippen molar-refractivity contribution in [1.82, 2.24) is 4.98 Å². The van der Waals surface area contributed by atoms with Gasteiger partial charge >= 0.3 is 6.18 Å². The number of halogens is 3. The van der Waals surface area contributed by atoms with Crippen molar-refractivity contribution in [3.8, 4) is 22.9 Å². The summed E-state index contributed by atoms with van der Waals surface area (Å²) in [6.45, 7) is 0.351. The van der Waals surface area contributed by atoms with E-state index in [9.17, 15) is 18.0 Å². The molecule has 0 radical (unpaired) electrons. The quantitative estimate of drug-likeness (QED) is 0.272. The van der Waals surface area contributed by atoms with Gasteiger partial charge < -0.3 is 9.47 Å². The van der Waals surface area contributed by atoms with E-state index in [1.807, 2.05) is 60.7 Å². The van der Waals surface area contributed by atoms with E-state index in [-0.39, 0.29) is 41.7 Å². The smallest absolute Gasteiger partial charge is 0.417 e. The standard InChI is InChI=1S/C27H20F3NO3/c28-27(29,30)24-15-21(16-32)11-12-22(24)23-13-14-25(33-17-19-7-3-1-4-8-19)31-26(23)34-18-20-9-5-2-6-10-20/h1-16H,17-18H2. The maximum atomic E-state index is 13.8. The van der Waals surface area contributed by atoms with Crippen LogP contribution in [-0.2, 0) is 19.4 Å². The predicted octanol–water partition coefficient (Wildman–Crippen LogP) is 6.74. The lowest BCUT2D eigenvalue weighted by atomic mass is 9.98. The third-order valence-electron chi connectivity index (χ3n) is 5.06. The molecule has 0 atom stereocenters. The molecule has 34 heavy (non-hydrogen) atoms. The molecule has 0 unspecified atom stereocenters. The summed E-state index contributed by atoms with van der Waals surface area (Å²) < 4.78 is 53.1. The van der Waals surface area contributed by atoms with E-state index in [0.29, 0.717) is 6.29 Å². The van der Waals surface area contributed by atoms with Crippen molar-refractivity contribution < 1.29 is 27.4 Å². The molecular weight excluding hydrogens is 443 g/mol. The number of rotatable bonds is 8. The van der Waals surface area contributed by atoms with Crippen LogP contribution in [0.15, 0.2) is 91.0 Å². The Morgan fingerprint density at radius 3 is 1.91 bits per heavy atom. The summed E-state index contributed by atoms with van der Waals surface area (Å²) in [5.41, 5.74) is 0.748. The zero-order valence-electron chi connectivity index (χ0n) is 18.0. The monoisotopic (exact) mass is 463 g/mol. The van der Waals surface area contributed by atoms with Crippen LogP contribution in [0.1, 0.15) is 27.0 Å². The van der Waals surface area contributed by atoms with E-state index in [0.717, 1.165) is 17.2 Å². The van der Waals surface area contributed by atoms with Gasteiger partial charge in [0.15, 0.2) is 0 Å². The lowest BCUT2D eigenvalue weighted by Gasteiger charge is -2.17. The molecule has 0 aliphatic carbocycles. The number of aldehydes is 1. The van der Waals surface area contributed by atoms with Crippen LogP contribution < -0.4 is 9.47 Å². The molecule has 0 fully saturated rings. The minimum absolute atomic E-state index is 0.00114. The third kappa shape index (κ3) is 5.61. The lowest BCUT2D eigenvalue weighted by Crippen LogP contribution is -2.09. The first-order chi connectivity index (χ1) is 16.4. The number of alkyl halides is 3. The third-order valence-corrected chi connectivity index (χ3v) is 5.06. The highest BCUT2D eigenvalue weighted by Crippen LogP contribution is 2.41. The summed E-state index contributed by atoms with van der Waals surface area (Å²) in [4.78, 5) is 15.4. The maximum Gasteiger partial charge on any atom is 0.417 e. The van der Waals surface area contributed by atoms with E-state index in [1.165, 1.54) is 24.3 Å². The van der Waals surface area contributed by atoms with E-state index in [4.69, 9.17) is 9.47 Å². The molecule has 0 aliphatic rings. The Balaban J connectivity index is 1.71. The average molecular weight is 463 g/mol. The van der Waals surface area contributed by atoms with E-state index in [2.05, 4.69) is 4.98 Å². The molecule has 1 aromatic heterocycles. The molecule has 1 heterocycles. The lowest BCUT2D eigenvalue weighted by molar-refractivity contribution is -0.137. The number of hydrogen-bond acceptors (Lipinski definition) is 4. The molecule has 0 bridgehead atoms. The van der Waals surface area contributed by atoms with E-state index in [1.54, 1.807) is 0 Å². The molecule has 4 nitrogen and oxygen atoms in total. The van der Waals surface area contributed by atoms with Crippen LogP contribution in [0, 0.1) is 0 Å². The number of pyridine rings is 1. The Bertz CT molecular complexity index is 1260. The first kappa shape index (κ1) is 23.0. The highest BCUT2D eigenvalue weighted by molar-refractivity contribution is 5.80. The molecule has 0 spiro atoms. The Morgan fingerprint density at radius 1 is 0.735 bits per heavy atom. The van der Waals surface area contributed by atoms with Crippen molar-refractivity contribution in [2.45, 2.75) is 19.4 Å². The second kappa shape index (κ2) is 10.2. The minimum Gasteiger partial charge on any atom is -0.473 e. The first-order valence-electron chi connectivity index (χ1n) is 10.5. The van der Waals surface area contributed by atoms with Crippen LogP contribution in [0.5, 0.6) is 11.8 Å². The Labute approximate surface area is 194 Å². The second-order valence-corrected chi connectivity index (χ2v) is 7.47. The molecular formula is C27H20F3NO3. The number of nitrogens with zero attached hydrogens (tertiary/aromatic N) is 1.